The first kappa shape index (κ1) is 12.4. The largest absolute Gasteiger partial charge is 0.390 e. The number of benzene rings is 1. The Morgan fingerprint density at radius 2 is 1.95 bits per heavy atom. The molecule has 19 heavy (non-hydrogen) atoms. The molecule has 2 aromatic rings. The minimum Gasteiger partial charge on any atom is -0.390 e. The van der Waals surface area contributed by atoms with E-state index < -0.39 is 5.60 Å². The van der Waals surface area contributed by atoms with E-state index in [4.69, 9.17) is 0 Å². The van der Waals surface area contributed by atoms with Gasteiger partial charge in [-0.25, -0.2) is 4.98 Å². The van der Waals surface area contributed by atoms with Gasteiger partial charge in [0.1, 0.15) is 5.82 Å². The Kier molecular flexibility index (Phi) is 3.38. The second-order valence-electron chi connectivity index (χ2n) is 5.49. The molecule has 0 atom stereocenters. The Morgan fingerprint density at radius 3 is 2.79 bits per heavy atom. The van der Waals surface area contributed by atoms with Crippen LogP contribution in [-0.2, 0) is 0 Å². The van der Waals surface area contributed by atoms with Gasteiger partial charge in [-0.2, -0.15) is 0 Å². The van der Waals surface area contributed by atoms with E-state index in [0.717, 1.165) is 49.9 Å². The second kappa shape index (κ2) is 5.17. The summed E-state index contributed by atoms with van der Waals surface area (Å²) >= 11 is 0. The van der Waals surface area contributed by atoms with Gasteiger partial charge in [0.2, 0.25) is 0 Å². The van der Waals surface area contributed by atoms with Crippen LogP contribution < -0.4 is 5.32 Å². The van der Waals surface area contributed by atoms with Crippen LogP contribution in [0.5, 0.6) is 0 Å². The van der Waals surface area contributed by atoms with Crippen molar-refractivity contribution in [1.82, 2.24) is 4.98 Å². The zero-order valence-electron chi connectivity index (χ0n) is 11.1. The molecule has 2 N–H and O–H groups in total. The van der Waals surface area contributed by atoms with Crippen molar-refractivity contribution in [2.24, 2.45) is 0 Å². The van der Waals surface area contributed by atoms with Crippen molar-refractivity contribution in [3.63, 3.8) is 0 Å². The number of nitrogens with one attached hydrogen (secondary N) is 1. The zero-order chi connectivity index (χ0) is 13.1. The molecular weight excluding hydrogens is 236 g/mol. The van der Waals surface area contributed by atoms with Gasteiger partial charge in [-0.3, -0.25) is 0 Å². The minimum atomic E-state index is -0.447. The Morgan fingerprint density at radius 1 is 1.16 bits per heavy atom. The highest BCUT2D eigenvalue weighted by Crippen LogP contribution is 2.32. The van der Waals surface area contributed by atoms with Crippen molar-refractivity contribution in [3.05, 3.63) is 36.5 Å². The highest BCUT2D eigenvalue weighted by Gasteiger charge is 2.30. The number of anilines is 1. The maximum Gasteiger partial charge on any atom is 0.133 e. The lowest BCUT2D eigenvalue weighted by Crippen LogP contribution is -2.27. The summed E-state index contributed by atoms with van der Waals surface area (Å²) < 4.78 is 0. The Labute approximate surface area is 113 Å². The van der Waals surface area contributed by atoms with Gasteiger partial charge in [0.05, 0.1) is 5.60 Å². The summed E-state index contributed by atoms with van der Waals surface area (Å²) in [5.74, 6) is 0.916. The fraction of sp³-hybridized carbons (Fsp3) is 0.438. The average molecular weight is 256 g/mol. The first-order chi connectivity index (χ1) is 9.27. The van der Waals surface area contributed by atoms with Crippen LogP contribution in [0, 0.1) is 0 Å². The molecule has 1 aromatic heterocycles. The van der Waals surface area contributed by atoms with E-state index in [1.807, 2.05) is 24.4 Å². The van der Waals surface area contributed by atoms with E-state index in [1.165, 1.54) is 5.39 Å². The van der Waals surface area contributed by atoms with Gasteiger partial charge < -0.3 is 10.4 Å². The first-order valence-electron chi connectivity index (χ1n) is 7.07. The van der Waals surface area contributed by atoms with E-state index in [2.05, 4.69) is 22.4 Å². The van der Waals surface area contributed by atoms with Crippen LogP contribution in [0.4, 0.5) is 5.82 Å². The summed E-state index contributed by atoms with van der Waals surface area (Å²) in [4.78, 5) is 4.40. The normalized spacial score (nSPS) is 17.7. The number of fused-ring (bicyclic) bond motifs is 1. The quantitative estimate of drug-likeness (QED) is 0.882. The Hall–Kier alpha value is -1.61. The summed E-state index contributed by atoms with van der Waals surface area (Å²) in [6.07, 6.45) is 6.83. The van der Waals surface area contributed by atoms with Gasteiger partial charge in [-0.05, 0) is 30.7 Å². The summed E-state index contributed by atoms with van der Waals surface area (Å²) in [7, 11) is 0. The Bertz CT molecular complexity index is 556. The van der Waals surface area contributed by atoms with Crippen molar-refractivity contribution >= 4 is 16.6 Å². The Balaban J connectivity index is 1.68. The van der Waals surface area contributed by atoms with Crippen LogP contribution >= 0.6 is 0 Å². The molecule has 3 rings (SSSR count). The van der Waals surface area contributed by atoms with Crippen LogP contribution in [0.1, 0.15) is 32.1 Å². The van der Waals surface area contributed by atoms with Crippen molar-refractivity contribution in [2.75, 3.05) is 11.9 Å². The average Bonchev–Trinajstić information content (AvgIpc) is 2.86. The fourth-order valence-corrected chi connectivity index (χ4v) is 2.96. The summed E-state index contributed by atoms with van der Waals surface area (Å²) in [5, 5.41) is 16.0. The molecule has 3 nitrogen and oxygen atoms in total. The second-order valence-corrected chi connectivity index (χ2v) is 5.49. The van der Waals surface area contributed by atoms with Crippen molar-refractivity contribution in [1.29, 1.82) is 0 Å². The van der Waals surface area contributed by atoms with Gasteiger partial charge >= 0.3 is 0 Å². The fourth-order valence-electron chi connectivity index (χ4n) is 2.96. The zero-order valence-corrected chi connectivity index (χ0v) is 11.1. The number of rotatable bonds is 4. The van der Waals surface area contributed by atoms with Crippen LogP contribution in [0.3, 0.4) is 0 Å². The molecule has 0 saturated heterocycles. The van der Waals surface area contributed by atoms with Gasteiger partial charge in [-0.1, -0.05) is 37.1 Å². The maximum atomic E-state index is 10.3. The number of hydrogen-bond acceptors (Lipinski definition) is 3. The molecule has 0 bridgehead atoms. The third-order valence-electron chi connectivity index (χ3n) is 4.09. The third kappa shape index (κ3) is 2.71. The van der Waals surface area contributed by atoms with Crippen LogP contribution in [0.2, 0.25) is 0 Å². The SMILES string of the molecule is OC1(CCNc2nccc3ccccc23)CCCC1. The number of aromatic nitrogens is 1. The third-order valence-corrected chi connectivity index (χ3v) is 4.09. The van der Waals surface area contributed by atoms with Crippen molar-refractivity contribution < 1.29 is 5.11 Å². The lowest BCUT2D eigenvalue weighted by molar-refractivity contribution is 0.0424. The molecule has 1 saturated carbocycles. The van der Waals surface area contributed by atoms with Gasteiger partial charge in [0, 0.05) is 18.1 Å². The molecule has 0 unspecified atom stereocenters. The molecule has 3 heteroatoms. The highest BCUT2D eigenvalue weighted by atomic mass is 16.3. The predicted octanol–water partition coefficient (Wildman–Crippen LogP) is 3.34. The predicted molar refractivity (Wildman–Crippen MR) is 78.3 cm³/mol. The topological polar surface area (TPSA) is 45.1 Å². The molecule has 1 heterocycles. The molecule has 1 aliphatic rings. The maximum absolute atomic E-state index is 10.3. The monoisotopic (exact) mass is 256 g/mol. The lowest BCUT2D eigenvalue weighted by Gasteiger charge is -2.22. The van der Waals surface area contributed by atoms with Crippen LogP contribution in [0.15, 0.2) is 36.5 Å². The van der Waals surface area contributed by atoms with Gasteiger partial charge in [0.15, 0.2) is 0 Å². The number of nitrogens with zero attached hydrogens (tertiary/aromatic N) is 1. The van der Waals surface area contributed by atoms with Crippen LogP contribution in [0.25, 0.3) is 10.8 Å². The smallest absolute Gasteiger partial charge is 0.133 e. The van der Waals surface area contributed by atoms with E-state index in [9.17, 15) is 5.11 Å². The molecule has 1 aliphatic carbocycles. The number of aliphatic hydroxyl groups is 1. The van der Waals surface area contributed by atoms with E-state index in [-0.39, 0.29) is 0 Å². The molecule has 100 valence electrons. The van der Waals surface area contributed by atoms with Gasteiger partial charge in [-0.15, -0.1) is 0 Å². The molecule has 1 aromatic carbocycles. The van der Waals surface area contributed by atoms with Crippen molar-refractivity contribution in [3.8, 4) is 0 Å². The lowest BCUT2D eigenvalue weighted by atomic mass is 9.98. The summed E-state index contributed by atoms with van der Waals surface area (Å²) in [5.41, 5.74) is -0.447. The van der Waals surface area contributed by atoms with E-state index in [1.54, 1.807) is 0 Å². The number of pyridine rings is 1. The number of hydrogen-bond donors (Lipinski definition) is 2. The van der Waals surface area contributed by atoms with Gasteiger partial charge in [0.25, 0.3) is 0 Å². The molecular formula is C16H20N2O. The summed E-state index contributed by atoms with van der Waals surface area (Å²) in [6, 6.07) is 10.2. The first-order valence-corrected chi connectivity index (χ1v) is 7.07. The minimum absolute atomic E-state index is 0.447. The van der Waals surface area contributed by atoms with Crippen molar-refractivity contribution in [2.45, 2.75) is 37.7 Å². The molecule has 0 spiro atoms. The standard InChI is InChI=1S/C16H20N2O/c19-16(8-3-4-9-16)10-12-18-15-14-6-2-1-5-13(14)7-11-17-15/h1-2,5-7,11,19H,3-4,8-10,12H2,(H,17,18). The van der Waals surface area contributed by atoms with Crippen LogP contribution in [-0.4, -0.2) is 22.2 Å². The van der Waals surface area contributed by atoms with E-state index >= 15 is 0 Å². The molecule has 0 amide bonds. The summed E-state index contributed by atoms with van der Waals surface area (Å²) in [6.45, 7) is 0.775. The van der Waals surface area contributed by atoms with E-state index in [0.29, 0.717) is 0 Å². The molecule has 0 aliphatic heterocycles. The molecule has 1 fully saturated rings. The highest BCUT2D eigenvalue weighted by molar-refractivity contribution is 5.91. The molecule has 0 radical (unpaired) electrons.